The number of hydrogen-bond acceptors (Lipinski definition) is 11. The number of rotatable bonds is 7. The van der Waals surface area contributed by atoms with E-state index in [1.165, 1.54) is 29.0 Å². The first-order valence-electron chi connectivity index (χ1n) is 7.89. The molecule has 2 aromatic heterocycles. The number of nitrogen functional groups attached to an aromatic ring is 1. The van der Waals surface area contributed by atoms with Crippen LogP contribution in [0.4, 0.5) is 5.82 Å². The molecule has 12 heteroatoms. The fourth-order valence-electron chi connectivity index (χ4n) is 2.68. The molecular weight excluding hydrogens is 364 g/mol. The van der Waals surface area contributed by atoms with Gasteiger partial charge in [0, 0.05) is 11.8 Å². The van der Waals surface area contributed by atoms with E-state index < -0.39 is 36.6 Å². The minimum atomic E-state index is -1.30. The Morgan fingerprint density at radius 1 is 1.38 bits per heavy atom. The molecular formula is C14H19N6O5S-. The number of thioether (sulfide) groups is 1. The lowest BCUT2D eigenvalue weighted by atomic mass is 10.1. The number of carboxylic acids is 1. The molecule has 0 unspecified atom stereocenters. The van der Waals surface area contributed by atoms with Gasteiger partial charge in [-0.05, 0) is 12.2 Å². The van der Waals surface area contributed by atoms with Gasteiger partial charge in [0.2, 0.25) is 0 Å². The van der Waals surface area contributed by atoms with E-state index in [0.29, 0.717) is 22.7 Å². The van der Waals surface area contributed by atoms with Crippen molar-refractivity contribution in [3.05, 3.63) is 12.7 Å². The van der Waals surface area contributed by atoms with Crippen molar-refractivity contribution < 1.29 is 24.9 Å². The summed E-state index contributed by atoms with van der Waals surface area (Å²) in [6, 6.07) is -1.03. The summed E-state index contributed by atoms with van der Waals surface area (Å²) in [5, 5.41) is 31.2. The van der Waals surface area contributed by atoms with Crippen LogP contribution in [0.2, 0.25) is 0 Å². The maximum atomic E-state index is 10.6. The number of aromatic nitrogens is 4. The smallest absolute Gasteiger partial charge is 0.167 e. The largest absolute Gasteiger partial charge is 0.548 e. The number of nitrogens with zero attached hydrogens (tertiary/aromatic N) is 4. The van der Waals surface area contributed by atoms with Crippen LogP contribution in [0.1, 0.15) is 12.6 Å². The summed E-state index contributed by atoms with van der Waals surface area (Å²) in [6.45, 7) is 0. The molecule has 0 saturated carbocycles. The number of hydrogen-bond donors (Lipinski definition) is 4. The number of carboxylic acid groups (broad SMARTS) is 1. The van der Waals surface area contributed by atoms with Gasteiger partial charge in [-0.2, -0.15) is 11.8 Å². The molecule has 1 saturated heterocycles. The Morgan fingerprint density at radius 3 is 2.88 bits per heavy atom. The van der Waals surface area contributed by atoms with Crippen molar-refractivity contribution in [3.63, 3.8) is 0 Å². The molecule has 1 aliphatic heterocycles. The number of fused-ring (bicyclic) bond motifs is 1. The first kappa shape index (κ1) is 18.8. The molecule has 0 bridgehead atoms. The molecule has 0 radical (unpaired) electrons. The number of aliphatic hydroxyl groups excluding tert-OH is 2. The predicted molar refractivity (Wildman–Crippen MR) is 90.6 cm³/mol. The molecule has 0 aliphatic carbocycles. The number of anilines is 1. The van der Waals surface area contributed by atoms with Gasteiger partial charge in [0.25, 0.3) is 0 Å². The Hall–Kier alpha value is -1.99. The third kappa shape index (κ3) is 3.59. The summed E-state index contributed by atoms with van der Waals surface area (Å²) in [4.78, 5) is 22.6. The fraction of sp³-hybridized carbons (Fsp3) is 0.571. The minimum absolute atomic E-state index is 0.207. The number of carbonyl (C=O) groups excluding carboxylic acids is 1. The van der Waals surface area contributed by atoms with E-state index in [1.54, 1.807) is 0 Å². The molecule has 5 atom stereocenters. The van der Waals surface area contributed by atoms with E-state index in [1.807, 2.05) is 0 Å². The van der Waals surface area contributed by atoms with E-state index >= 15 is 0 Å². The zero-order valence-electron chi connectivity index (χ0n) is 13.6. The molecule has 26 heavy (non-hydrogen) atoms. The summed E-state index contributed by atoms with van der Waals surface area (Å²) >= 11 is 1.37. The highest BCUT2D eigenvalue weighted by Gasteiger charge is 2.44. The van der Waals surface area contributed by atoms with Gasteiger partial charge >= 0.3 is 0 Å². The van der Waals surface area contributed by atoms with Crippen molar-refractivity contribution in [3.8, 4) is 0 Å². The van der Waals surface area contributed by atoms with Gasteiger partial charge in [-0.1, -0.05) is 0 Å². The predicted octanol–water partition coefficient (Wildman–Crippen LogP) is -2.77. The Balaban J connectivity index is 1.64. The van der Waals surface area contributed by atoms with Crippen LogP contribution in [-0.4, -0.2) is 71.6 Å². The summed E-state index contributed by atoms with van der Waals surface area (Å²) in [7, 11) is 0. The molecule has 142 valence electrons. The highest BCUT2D eigenvalue weighted by atomic mass is 32.2. The van der Waals surface area contributed by atoms with Crippen LogP contribution in [0.25, 0.3) is 11.2 Å². The van der Waals surface area contributed by atoms with Crippen molar-refractivity contribution in [2.75, 3.05) is 17.2 Å². The second kappa shape index (κ2) is 7.72. The van der Waals surface area contributed by atoms with Crippen LogP contribution in [0.3, 0.4) is 0 Å². The van der Waals surface area contributed by atoms with Crippen molar-refractivity contribution in [1.29, 1.82) is 0 Å². The van der Waals surface area contributed by atoms with Crippen LogP contribution >= 0.6 is 11.8 Å². The summed E-state index contributed by atoms with van der Waals surface area (Å²) < 4.78 is 7.27. The van der Waals surface area contributed by atoms with E-state index in [2.05, 4.69) is 15.0 Å². The monoisotopic (exact) mass is 383 g/mol. The first-order valence-corrected chi connectivity index (χ1v) is 9.04. The summed E-state index contributed by atoms with van der Waals surface area (Å²) in [5.74, 6) is -0.275. The number of ether oxygens (including phenoxy) is 1. The second-order valence-corrected chi connectivity index (χ2v) is 7.07. The lowest BCUT2D eigenvalue weighted by Crippen LogP contribution is -2.42. The molecule has 11 nitrogen and oxygen atoms in total. The Morgan fingerprint density at radius 2 is 2.15 bits per heavy atom. The molecule has 0 aromatic carbocycles. The highest BCUT2D eigenvalue weighted by molar-refractivity contribution is 7.99. The van der Waals surface area contributed by atoms with Crippen molar-refractivity contribution in [2.45, 2.75) is 37.0 Å². The molecule has 2 aromatic rings. The third-order valence-corrected chi connectivity index (χ3v) is 5.25. The quantitative estimate of drug-likeness (QED) is 0.363. The van der Waals surface area contributed by atoms with Crippen LogP contribution in [0, 0.1) is 0 Å². The lowest BCUT2D eigenvalue weighted by Gasteiger charge is -2.16. The third-order valence-electron chi connectivity index (χ3n) is 4.16. The molecule has 0 amide bonds. The van der Waals surface area contributed by atoms with Gasteiger partial charge in [0.1, 0.15) is 24.1 Å². The van der Waals surface area contributed by atoms with Crippen LogP contribution < -0.4 is 16.6 Å². The van der Waals surface area contributed by atoms with Gasteiger partial charge in [-0.15, -0.1) is 0 Å². The Kier molecular flexibility index (Phi) is 5.58. The maximum Gasteiger partial charge on any atom is 0.167 e. The molecule has 3 heterocycles. The Bertz CT molecular complexity index is 788. The summed E-state index contributed by atoms with van der Waals surface area (Å²) in [5.41, 5.74) is 11.9. The van der Waals surface area contributed by atoms with Crippen LogP contribution in [-0.2, 0) is 9.53 Å². The van der Waals surface area contributed by atoms with Crippen LogP contribution in [0.5, 0.6) is 0 Å². The van der Waals surface area contributed by atoms with Gasteiger partial charge in [-0.3, -0.25) is 4.57 Å². The van der Waals surface area contributed by atoms with Crippen molar-refractivity contribution in [1.82, 2.24) is 19.5 Å². The zero-order valence-corrected chi connectivity index (χ0v) is 14.5. The number of nitrogens with two attached hydrogens (primary N) is 2. The SMILES string of the molecule is Nc1ncnc2c1ncn2[C@@H]1O[C@H](CSCC[C@H](N)C(=O)[O-])[C@@H](O)[C@H]1O. The number of aliphatic hydroxyl groups is 2. The number of carbonyl (C=O) groups is 1. The maximum absolute atomic E-state index is 10.6. The topological polar surface area (TPSA) is 185 Å². The number of imidazole rings is 1. The highest BCUT2D eigenvalue weighted by Crippen LogP contribution is 2.33. The zero-order chi connectivity index (χ0) is 18.8. The number of aliphatic carboxylic acids is 1. The van der Waals surface area contributed by atoms with Gasteiger partial charge in [-0.25, -0.2) is 15.0 Å². The molecule has 1 aliphatic rings. The molecule has 1 fully saturated rings. The summed E-state index contributed by atoms with van der Waals surface area (Å²) in [6.07, 6.45) is -0.870. The standard InChI is InChI=1S/C14H20N6O5S/c15-6(14(23)24)1-2-26-3-7-9(21)10(22)13(25-7)20-5-19-8-11(16)17-4-18-12(8)20/h4-7,9-10,13,21-22H,1-3,15H2,(H,23,24)(H2,16,17,18)/p-1/t6-,7+,9+,10+,13+/m0/s1. The first-order chi connectivity index (χ1) is 12.4. The lowest BCUT2D eigenvalue weighted by molar-refractivity contribution is -0.307. The van der Waals surface area contributed by atoms with Crippen molar-refractivity contribution >= 4 is 34.7 Å². The van der Waals surface area contributed by atoms with Gasteiger partial charge in [0.05, 0.1) is 18.4 Å². The van der Waals surface area contributed by atoms with E-state index in [9.17, 15) is 20.1 Å². The van der Waals surface area contributed by atoms with E-state index in [4.69, 9.17) is 16.2 Å². The normalized spacial score (nSPS) is 27.0. The van der Waals surface area contributed by atoms with Gasteiger partial charge in [0.15, 0.2) is 17.7 Å². The Labute approximate surface area is 152 Å². The molecule has 3 rings (SSSR count). The van der Waals surface area contributed by atoms with Crippen LogP contribution in [0.15, 0.2) is 12.7 Å². The second-order valence-electron chi connectivity index (χ2n) is 5.92. The van der Waals surface area contributed by atoms with E-state index in [0.717, 1.165) is 0 Å². The van der Waals surface area contributed by atoms with Crippen molar-refractivity contribution in [2.24, 2.45) is 5.73 Å². The van der Waals surface area contributed by atoms with E-state index in [-0.39, 0.29) is 12.2 Å². The molecule has 0 spiro atoms. The average molecular weight is 383 g/mol. The fourth-order valence-corrected chi connectivity index (χ4v) is 3.78. The molecule has 6 N–H and O–H groups in total. The average Bonchev–Trinajstić information content (AvgIpc) is 3.15. The minimum Gasteiger partial charge on any atom is -0.548 e. The van der Waals surface area contributed by atoms with Gasteiger partial charge < -0.3 is 36.3 Å².